The summed E-state index contributed by atoms with van der Waals surface area (Å²) in [5.74, 6) is 3.25. The van der Waals surface area contributed by atoms with Crippen molar-refractivity contribution < 1.29 is 9.53 Å². The van der Waals surface area contributed by atoms with Crippen molar-refractivity contribution in [3.05, 3.63) is 0 Å². The first kappa shape index (κ1) is 13.1. The van der Waals surface area contributed by atoms with Crippen molar-refractivity contribution >= 4 is 5.91 Å². The largest absolute Gasteiger partial charge is 0.368 e. The fourth-order valence-electron chi connectivity index (χ4n) is 2.05. The van der Waals surface area contributed by atoms with Gasteiger partial charge in [0.15, 0.2) is 0 Å². The van der Waals surface area contributed by atoms with Crippen LogP contribution >= 0.6 is 0 Å². The van der Waals surface area contributed by atoms with Crippen molar-refractivity contribution in [3.8, 4) is 12.3 Å². The molecule has 3 heteroatoms. The van der Waals surface area contributed by atoms with Gasteiger partial charge in [-0.05, 0) is 18.8 Å². The molecule has 1 amide bonds. The summed E-state index contributed by atoms with van der Waals surface area (Å²) in [4.78, 5) is 13.8. The summed E-state index contributed by atoms with van der Waals surface area (Å²) in [5.41, 5.74) is 0. The van der Waals surface area contributed by atoms with Gasteiger partial charge in [0.1, 0.15) is 6.61 Å². The molecule has 0 aromatic carbocycles. The Morgan fingerprint density at radius 2 is 2.38 bits per heavy atom. The number of carbonyl (C=O) groups is 1. The summed E-state index contributed by atoms with van der Waals surface area (Å²) >= 11 is 0. The van der Waals surface area contributed by atoms with E-state index in [-0.39, 0.29) is 11.8 Å². The van der Waals surface area contributed by atoms with Gasteiger partial charge in [0.05, 0.1) is 6.61 Å². The van der Waals surface area contributed by atoms with Gasteiger partial charge in [-0.2, -0.15) is 0 Å². The number of carbonyl (C=O) groups excluding carboxylic acids is 1. The Balaban J connectivity index is 2.35. The Bertz CT molecular complexity index is 268. The van der Waals surface area contributed by atoms with Gasteiger partial charge in [0.25, 0.3) is 0 Å². The number of likely N-dealkylation sites (tertiary alicyclic amines) is 1. The second-order valence-corrected chi connectivity index (χ2v) is 4.67. The van der Waals surface area contributed by atoms with Crippen molar-refractivity contribution in [2.24, 2.45) is 11.8 Å². The first-order valence-electron chi connectivity index (χ1n) is 5.95. The normalized spacial score (nSPS) is 20.9. The van der Waals surface area contributed by atoms with Crippen LogP contribution in [0.25, 0.3) is 0 Å². The quantitative estimate of drug-likeness (QED) is 0.534. The lowest BCUT2D eigenvalue weighted by Crippen LogP contribution is -2.43. The second kappa shape index (κ2) is 6.55. The number of terminal acetylenes is 1. The topological polar surface area (TPSA) is 29.5 Å². The predicted octanol–water partition coefficient (Wildman–Crippen LogP) is 1.53. The molecule has 0 saturated carbocycles. The Labute approximate surface area is 98.1 Å². The number of amides is 1. The lowest BCUT2D eigenvalue weighted by molar-refractivity contribution is -0.136. The van der Waals surface area contributed by atoms with Crippen molar-refractivity contribution in [3.63, 3.8) is 0 Å². The van der Waals surface area contributed by atoms with Crippen molar-refractivity contribution in [1.82, 2.24) is 4.90 Å². The van der Waals surface area contributed by atoms with Crippen LogP contribution in [0.5, 0.6) is 0 Å². The highest BCUT2D eigenvalue weighted by Gasteiger charge is 2.24. The standard InChI is InChI=1S/C13H21NO2/c1-4-8-16-10-12-6-5-7-14(9-12)13(15)11(2)3/h1,11-12H,5-10H2,2-3H3. The van der Waals surface area contributed by atoms with E-state index in [9.17, 15) is 4.79 Å². The molecular weight excluding hydrogens is 202 g/mol. The molecule has 16 heavy (non-hydrogen) atoms. The van der Waals surface area contributed by atoms with Crippen LogP contribution in [-0.2, 0) is 9.53 Å². The summed E-state index contributed by atoms with van der Waals surface area (Å²) in [6.07, 6.45) is 7.32. The van der Waals surface area contributed by atoms with Crippen molar-refractivity contribution in [2.45, 2.75) is 26.7 Å². The van der Waals surface area contributed by atoms with Crippen LogP contribution in [0.3, 0.4) is 0 Å². The van der Waals surface area contributed by atoms with E-state index >= 15 is 0 Å². The monoisotopic (exact) mass is 223 g/mol. The van der Waals surface area contributed by atoms with Gasteiger partial charge in [0.2, 0.25) is 5.91 Å². The third kappa shape index (κ3) is 3.86. The van der Waals surface area contributed by atoms with Gasteiger partial charge in [-0.15, -0.1) is 6.42 Å². The number of rotatable bonds is 4. The Hall–Kier alpha value is -1.01. The van der Waals surface area contributed by atoms with Gasteiger partial charge in [-0.1, -0.05) is 19.8 Å². The van der Waals surface area contributed by atoms with E-state index in [1.807, 2.05) is 18.7 Å². The van der Waals surface area contributed by atoms with Crippen molar-refractivity contribution in [2.75, 3.05) is 26.3 Å². The highest BCUT2D eigenvalue weighted by Crippen LogP contribution is 2.18. The maximum atomic E-state index is 11.8. The molecule has 3 nitrogen and oxygen atoms in total. The number of hydrogen-bond donors (Lipinski definition) is 0. The molecular formula is C13H21NO2. The number of ether oxygens (including phenoxy) is 1. The van der Waals surface area contributed by atoms with Gasteiger partial charge >= 0.3 is 0 Å². The molecule has 0 aromatic heterocycles. The third-order valence-corrected chi connectivity index (χ3v) is 2.86. The van der Waals surface area contributed by atoms with Crippen LogP contribution in [0.1, 0.15) is 26.7 Å². The first-order chi connectivity index (χ1) is 7.65. The molecule has 0 spiro atoms. The zero-order valence-corrected chi connectivity index (χ0v) is 10.2. The Morgan fingerprint density at radius 3 is 3.00 bits per heavy atom. The van der Waals surface area contributed by atoms with Crippen LogP contribution in [0, 0.1) is 24.2 Å². The molecule has 1 aliphatic heterocycles. The fraction of sp³-hybridized carbons (Fsp3) is 0.769. The number of hydrogen-bond acceptors (Lipinski definition) is 2. The predicted molar refractivity (Wildman–Crippen MR) is 63.8 cm³/mol. The van der Waals surface area contributed by atoms with Crippen LogP contribution in [0.2, 0.25) is 0 Å². The summed E-state index contributed by atoms with van der Waals surface area (Å²) < 4.78 is 5.34. The minimum absolute atomic E-state index is 0.0883. The van der Waals surface area contributed by atoms with Crippen LogP contribution in [0.15, 0.2) is 0 Å². The lowest BCUT2D eigenvalue weighted by Gasteiger charge is -2.33. The van der Waals surface area contributed by atoms with E-state index < -0.39 is 0 Å². The van der Waals surface area contributed by atoms with E-state index in [0.717, 1.165) is 25.9 Å². The molecule has 0 bridgehead atoms. The van der Waals surface area contributed by atoms with Crippen LogP contribution < -0.4 is 0 Å². The molecule has 0 radical (unpaired) electrons. The zero-order chi connectivity index (χ0) is 12.0. The molecule has 1 fully saturated rings. The van der Waals surface area contributed by atoms with Crippen molar-refractivity contribution in [1.29, 1.82) is 0 Å². The molecule has 1 atom stereocenters. The molecule has 90 valence electrons. The minimum atomic E-state index is 0.0883. The molecule has 1 aliphatic rings. The van der Waals surface area contributed by atoms with Gasteiger partial charge in [0, 0.05) is 19.0 Å². The number of nitrogens with zero attached hydrogens (tertiary/aromatic N) is 1. The van der Waals surface area contributed by atoms with Gasteiger partial charge in [-0.25, -0.2) is 0 Å². The number of piperidine rings is 1. The maximum Gasteiger partial charge on any atom is 0.225 e. The van der Waals surface area contributed by atoms with E-state index in [2.05, 4.69) is 5.92 Å². The Morgan fingerprint density at radius 1 is 1.62 bits per heavy atom. The van der Waals surface area contributed by atoms with Crippen LogP contribution in [-0.4, -0.2) is 37.1 Å². The third-order valence-electron chi connectivity index (χ3n) is 2.86. The molecule has 1 unspecified atom stereocenters. The van der Waals surface area contributed by atoms with Gasteiger partial charge < -0.3 is 9.64 Å². The average molecular weight is 223 g/mol. The molecule has 0 aromatic rings. The van der Waals surface area contributed by atoms with E-state index in [0.29, 0.717) is 19.1 Å². The first-order valence-corrected chi connectivity index (χ1v) is 5.95. The van der Waals surface area contributed by atoms with E-state index in [4.69, 9.17) is 11.2 Å². The molecule has 1 heterocycles. The summed E-state index contributed by atoms with van der Waals surface area (Å²) in [6, 6.07) is 0. The lowest BCUT2D eigenvalue weighted by atomic mass is 9.98. The minimum Gasteiger partial charge on any atom is -0.368 e. The molecule has 0 N–H and O–H groups in total. The van der Waals surface area contributed by atoms with Gasteiger partial charge in [-0.3, -0.25) is 4.79 Å². The zero-order valence-electron chi connectivity index (χ0n) is 10.2. The van der Waals surface area contributed by atoms with E-state index in [1.54, 1.807) is 0 Å². The smallest absolute Gasteiger partial charge is 0.225 e. The second-order valence-electron chi connectivity index (χ2n) is 4.67. The summed E-state index contributed by atoms with van der Waals surface area (Å²) in [6.45, 7) is 6.65. The maximum absolute atomic E-state index is 11.8. The highest BCUT2D eigenvalue weighted by atomic mass is 16.5. The highest BCUT2D eigenvalue weighted by molar-refractivity contribution is 5.78. The SMILES string of the molecule is C#CCOCC1CCCN(C(=O)C(C)C)C1. The van der Waals surface area contributed by atoms with E-state index in [1.165, 1.54) is 0 Å². The Kier molecular flexibility index (Phi) is 5.34. The summed E-state index contributed by atoms with van der Waals surface area (Å²) in [5, 5.41) is 0. The summed E-state index contributed by atoms with van der Waals surface area (Å²) in [7, 11) is 0. The average Bonchev–Trinajstić information content (AvgIpc) is 2.29. The molecule has 1 saturated heterocycles. The fourth-order valence-corrected chi connectivity index (χ4v) is 2.05. The molecule has 1 rings (SSSR count). The molecule has 0 aliphatic carbocycles. The van der Waals surface area contributed by atoms with Crippen LogP contribution in [0.4, 0.5) is 0 Å².